The molecule has 2 aromatic carbocycles. The summed E-state index contributed by atoms with van der Waals surface area (Å²) in [5.41, 5.74) is 1.22. The first-order valence-corrected chi connectivity index (χ1v) is 9.03. The molecular formula is C17H17NO6S. The van der Waals surface area contributed by atoms with E-state index < -0.39 is 16.0 Å². The standard InChI is InChI=1S/C17H17NO6S/c1-10-3-4-16(11(2)7-10)25(21,22)18-13-9-15-14(23-5-6-24-15)8-12(13)17(19)20/h3-4,7-9,18H,5-6H2,1-2H3,(H,19,20). The van der Waals surface area contributed by atoms with Crippen molar-refractivity contribution in [3.63, 3.8) is 0 Å². The van der Waals surface area contributed by atoms with Gasteiger partial charge in [-0.05, 0) is 25.5 Å². The Morgan fingerprint density at radius 1 is 1.08 bits per heavy atom. The van der Waals surface area contributed by atoms with E-state index in [9.17, 15) is 18.3 Å². The molecule has 0 aliphatic carbocycles. The number of nitrogens with one attached hydrogen (secondary N) is 1. The SMILES string of the molecule is Cc1ccc(S(=O)(=O)Nc2cc3c(cc2C(=O)O)OCCO3)c(C)c1. The zero-order valence-electron chi connectivity index (χ0n) is 13.7. The van der Waals surface area contributed by atoms with E-state index in [2.05, 4.69) is 4.72 Å². The van der Waals surface area contributed by atoms with E-state index in [0.29, 0.717) is 24.5 Å². The number of carboxylic acid groups (broad SMARTS) is 1. The van der Waals surface area contributed by atoms with Crippen molar-refractivity contribution in [2.75, 3.05) is 17.9 Å². The Morgan fingerprint density at radius 2 is 1.72 bits per heavy atom. The fourth-order valence-corrected chi connectivity index (χ4v) is 3.95. The lowest BCUT2D eigenvalue weighted by atomic mass is 10.1. The second kappa shape index (κ2) is 6.29. The Kier molecular flexibility index (Phi) is 4.30. The van der Waals surface area contributed by atoms with Crippen LogP contribution in [-0.2, 0) is 10.0 Å². The fourth-order valence-electron chi connectivity index (χ4n) is 2.65. The van der Waals surface area contributed by atoms with Gasteiger partial charge in [0.2, 0.25) is 0 Å². The minimum atomic E-state index is -3.95. The Hall–Kier alpha value is -2.74. The first-order valence-electron chi connectivity index (χ1n) is 7.55. The number of fused-ring (bicyclic) bond motifs is 1. The smallest absolute Gasteiger partial charge is 0.337 e. The van der Waals surface area contributed by atoms with Crippen molar-refractivity contribution < 1.29 is 27.8 Å². The number of ether oxygens (including phenoxy) is 2. The van der Waals surface area contributed by atoms with Crippen LogP contribution in [0, 0.1) is 13.8 Å². The molecule has 0 aromatic heterocycles. The summed E-state index contributed by atoms with van der Waals surface area (Å²) in [6.07, 6.45) is 0. The molecule has 7 nitrogen and oxygen atoms in total. The summed E-state index contributed by atoms with van der Waals surface area (Å²) in [6, 6.07) is 7.51. The van der Waals surface area contributed by atoms with E-state index in [4.69, 9.17) is 9.47 Å². The number of aryl methyl sites for hydroxylation is 2. The molecule has 1 heterocycles. The Morgan fingerprint density at radius 3 is 2.32 bits per heavy atom. The Labute approximate surface area is 145 Å². The van der Waals surface area contributed by atoms with Crippen LogP contribution in [0.15, 0.2) is 35.2 Å². The van der Waals surface area contributed by atoms with Gasteiger partial charge >= 0.3 is 5.97 Å². The molecular weight excluding hydrogens is 346 g/mol. The number of anilines is 1. The number of hydrogen-bond acceptors (Lipinski definition) is 5. The molecule has 132 valence electrons. The second-order valence-corrected chi connectivity index (χ2v) is 7.37. The highest BCUT2D eigenvalue weighted by atomic mass is 32.2. The molecule has 1 aliphatic heterocycles. The van der Waals surface area contributed by atoms with Gasteiger partial charge < -0.3 is 14.6 Å². The van der Waals surface area contributed by atoms with Gasteiger partial charge in [0, 0.05) is 12.1 Å². The van der Waals surface area contributed by atoms with Gasteiger partial charge in [-0.3, -0.25) is 4.72 Å². The van der Waals surface area contributed by atoms with Crippen LogP contribution >= 0.6 is 0 Å². The van der Waals surface area contributed by atoms with Gasteiger partial charge in [0.1, 0.15) is 13.2 Å². The topological polar surface area (TPSA) is 102 Å². The quantitative estimate of drug-likeness (QED) is 0.866. The number of hydrogen-bond donors (Lipinski definition) is 2. The van der Waals surface area contributed by atoms with Crippen LogP contribution in [0.3, 0.4) is 0 Å². The summed E-state index contributed by atoms with van der Waals surface area (Å²) in [4.78, 5) is 11.6. The molecule has 0 saturated heterocycles. The molecule has 0 saturated carbocycles. The maximum absolute atomic E-state index is 12.7. The van der Waals surface area contributed by atoms with Crippen molar-refractivity contribution >= 4 is 21.7 Å². The van der Waals surface area contributed by atoms with Crippen molar-refractivity contribution in [2.24, 2.45) is 0 Å². The summed E-state index contributed by atoms with van der Waals surface area (Å²) < 4.78 is 38.5. The van der Waals surface area contributed by atoms with Gasteiger partial charge in [0.15, 0.2) is 11.5 Å². The van der Waals surface area contributed by atoms with Crippen LogP contribution in [0.1, 0.15) is 21.5 Å². The van der Waals surface area contributed by atoms with E-state index in [1.807, 2.05) is 6.92 Å². The van der Waals surface area contributed by atoms with Gasteiger partial charge in [-0.2, -0.15) is 0 Å². The highest BCUT2D eigenvalue weighted by Gasteiger charge is 2.24. The first-order chi connectivity index (χ1) is 11.8. The monoisotopic (exact) mass is 363 g/mol. The zero-order chi connectivity index (χ0) is 18.2. The maximum Gasteiger partial charge on any atom is 0.337 e. The van der Waals surface area contributed by atoms with E-state index in [1.54, 1.807) is 19.1 Å². The molecule has 0 unspecified atom stereocenters. The lowest BCUT2D eigenvalue weighted by Gasteiger charge is -2.21. The first kappa shape index (κ1) is 17.1. The molecule has 0 atom stereocenters. The van der Waals surface area contributed by atoms with Crippen LogP contribution in [0.5, 0.6) is 11.5 Å². The van der Waals surface area contributed by atoms with Gasteiger partial charge in [-0.15, -0.1) is 0 Å². The zero-order valence-corrected chi connectivity index (χ0v) is 14.5. The number of sulfonamides is 1. The van der Waals surface area contributed by atoms with Crippen molar-refractivity contribution in [1.29, 1.82) is 0 Å². The average molecular weight is 363 g/mol. The summed E-state index contributed by atoms with van der Waals surface area (Å²) in [6.45, 7) is 4.16. The normalized spacial score (nSPS) is 13.4. The van der Waals surface area contributed by atoms with Crippen molar-refractivity contribution in [2.45, 2.75) is 18.7 Å². The second-order valence-electron chi connectivity index (χ2n) is 5.72. The molecule has 0 fully saturated rings. The molecule has 1 aliphatic rings. The number of rotatable bonds is 4. The van der Waals surface area contributed by atoms with Crippen molar-refractivity contribution in [3.8, 4) is 11.5 Å². The predicted octanol–water partition coefficient (Wildman–Crippen LogP) is 2.57. The van der Waals surface area contributed by atoms with Crippen LogP contribution < -0.4 is 14.2 Å². The van der Waals surface area contributed by atoms with Gasteiger partial charge in [0.05, 0.1) is 16.1 Å². The molecule has 2 aromatic rings. The van der Waals surface area contributed by atoms with Gasteiger partial charge in [-0.1, -0.05) is 17.7 Å². The lowest BCUT2D eigenvalue weighted by molar-refractivity contribution is 0.0697. The highest BCUT2D eigenvalue weighted by Crippen LogP contribution is 2.36. The van der Waals surface area contributed by atoms with Gasteiger partial charge in [-0.25, -0.2) is 13.2 Å². The molecule has 8 heteroatoms. The Bertz CT molecular complexity index is 952. The summed E-state index contributed by atoms with van der Waals surface area (Å²) in [5.74, 6) is -0.692. The van der Waals surface area contributed by atoms with Crippen LogP contribution in [0.2, 0.25) is 0 Å². The van der Waals surface area contributed by atoms with Crippen LogP contribution in [-0.4, -0.2) is 32.7 Å². The number of benzene rings is 2. The molecule has 3 rings (SSSR count). The summed E-state index contributed by atoms with van der Waals surface area (Å²) >= 11 is 0. The van der Waals surface area contributed by atoms with E-state index in [1.165, 1.54) is 18.2 Å². The number of carbonyl (C=O) groups is 1. The Balaban J connectivity index is 2.05. The molecule has 2 N–H and O–H groups in total. The molecule has 25 heavy (non-hydrogen) atoms. The largest absolute Gasteiger partial charge is 0.486 e. The third-order valence-electron chi connectivity index (χ3n) is 3.78. The molecule has 0 bridgehead atoms. The number of aromatic carboxylic acids is 1. The van der Waals surface area contributed by atoms with Gasteiger partial charge in [0.25, 0.3) is 10.0 Å². The molecule has 0 amide bonds. The van der Waals surface area contributed by atoms with E-state index >= 15 is 0 Å². The summed E-state index contributed by atoms with van der Waals surface area (Å²) in [7, 11) is -3.95. The highest BCUT2D eigenvalue weighted by molar-refractivity contribution is 7.92. The van der Waals surface area contributed by atoms with Crippen molar-refractivity contribution in [3.05, 3.63) is 47.0 Å². The number of carboxylic acids is 1. The van der Waals surface area contributed by atoms with Crippen molar-refractivity contribution in [1.82, 2.24) is 0 Å². The van der Waals surface area contributed by atoms with Crippen LogP contribution in [0.25, 0.3) is 0 Å². The third kappa shape index (κ3) is 3.39. The van der Waals surface area contributed by atoms with E-state index in [-0.39, 0.29) is 21.9 Å². The minimum absolute atomic E-state index is 0.0725. The van der Waals surface area contributed by atoms with E-state index in [0.717, 1.165) is 5.56 Å². The maximum atomic E-state index is 12.7. The average Bonchev–Trinajstić information content (AvgIpc) is 2.53. The predicted molar refractivity (Wildman–Crippen MR) is 91.1 cm³/mol. The third-order valence-corrected chi connectivity index (χ3v) is 5.30. The van der Waals surface area contributed by atoms with Crippen LogP contribution in [0.4, 0.5) is 5.69 Å². The molecule has 0 radical (unpaired) electrons. The summed E-state index contributed by atoms with van der Waals surface area (Å²) in [5, 5.41) is 9.39. The lowest BCUT2D eigenvalue weighted by Crippen LogP contribution is -2.19. The fraction of sp³-hybridized carbons (Fsp3) is 0.235. The molecule has 0 spiro atoms. The minimum Gasteiger partial charge on any atom is -0.486 e.